The van der Waals surface area contributed by atoms with Gasteiger partial charge in [-0.1, -0.05) is 60.7 Å². The van der Waals surface area contributed by atoms with Crippen LogP contribution in [0.3, 0.4) is 0 Å². The van der Waals surface area contributed by atoms with Crippen LogP contribution in [0.4, 0.5) is 10.1 Å². The quantitative estimate of drug-likeness (QED) is 0.531. The highest BCUT2D eigenvalue weighted by molar-refractivity contribution is 7.18. The Hall–Kier alpha value is -3.06. The van der Waals surface area contributed by atoms with Crippen LogP contribution in [0.25, 0.3) is 0 Å². The molecule has 0 aliphatic heterocycles. The molecule has 0 unspecified atom stereocenters. The molecule has 2 aromatic carbocycles. The monoisotopic (exact) mass is 353 g/mol. The summed E-state index contributed by atoms with van der Waals surface area (Å²) in [4.78, 5) is 26.5. The molecule has 6 nitrogen and oxygen atoms in total. The van der Waals surface area contributed by atoms with E-state index < -0.39 is 4.92 Å². The normalized spacial score (nSPS) is 10.6. The number of carbonyl (C=O) groups is 1. The molecule has 3 rings (SSSR count). The van der Waals surface area contributed by atoms with Crippen LogP contribution in [0.1, 0.15) is 23.5 Å². The molecule has 0 aliphatic carbocycles. The highest BCUT2D eigenvalue weighted by atomic mass is 32.1. The molecule has 126 valence electrons. The van der Waals surface area contributed by atoms with Crippen LogP contribution in [0, 0.1) is 10.1 Å². The number of benzene rings is 2. The van der Waals surface area contributed by atoms with Crippen molar-refractivity contribution >= 4 is 27.4 Å². The molecule has 0 saturated heterocycles. The zero-order chi connectivity index (χ0) is 17.6. The topological polar surface area (TPSA) is 85.1 Å². The van der Waals surface area contributed by atoms with E-state index in [0.29, 0.717) is 0 Å². The summed E-state index contributed by atoms with van der Waals surface area (Å²) in [5.74, 6) is -0.334. The van der Waals surface area contributed by atoms with Crippen molar-refractivity contribution in [2.24, 2.45) is 0 Å². The average Bonchev–Trinajstić information content (AvgIpc) is 3.10. The van der Waals surface area contributed by atoms with Crippen LogP contribution < -0.4 is 5.32 Å². The van der Waals surface area contributed by atoms with E-state index in [0.717, 1.165) is 28.7 Å². The van der Waals surface area contributed by atoms with Crippen molar-refractivity contribution in [1.29, 1.82) is 0 Å². The fraction of sp³-hybridized carbons (Fsp3) is 0.111. The number of nitrogens with zero attached hydrogens (tertiary/aromatic N) is 2. The molecule has 1 amide bonds. The number of nitrogens with one attached hydrogen (secondary N) is 1. The zero-order valence-corrected chi connectivity index (χ0v) is 14.0. The first-order valence-electron chi connectivity index (χ1n) is 7.63. The van der Waals surface area contributed by atoms with Crippen LogP contribution in [-0.2, 0) is 4.79 Å². The van der Waals surface area contributed by atoms with Gasteiger partial charge in [0, 0.05) is 12.3 Å². The third-order valence-corrected chi connectivity index (χ3v) is 4.58. The van der Waals surface area contributed by atoms with Crippen molar-refractivity contribution in [3.63, 3.8) is 0 Å². The molecule has 0 atom stereocenters. The first-order valence-corrected chi connectivity index (χ1v) is 8.45. The van der Waals surface area contributed by atoms with Crippen molar-refractivity contribution in [2.45, 2.75) is 12.3 Å². The largest absolute Gasteiger partial charge is 0.345 e. The second kappa shape index (κ2) is 7.67. The van der Waals surface area contributed by atoms with Crippen LogP contribution in [0.2, 0.25) is 0 Å². The summed E-state index contributed by atoms with van der Waals surface area (Å²) >= 11 is 0.846. The minimum absolute atomic E-state index is 0.0991. The van der Waals surface area contributed by atoms with E-state index in [1.54, 1.807) is 0 Å². The Labute approximate surface area is 148 Å². The molecule has 25 heavy (non-hydrogen) atoms. The fourth-order valence-electron chi connectivity index (χ4n) is 2.56. The lowest BCUT2D eigenvalue weighted by Crippen LogP contribution is -2.16. The highest BCUT2D eigenvalue weighted by Crippen LogP contribution is 2.29. The highest BCUT2D eigenvalue weighted by Gasteiger charge is 2.20. The molecule has 0 aliphatic rings. The van der Waals surface area contributed by atoms with E-state index in [1.165, 1.54) is 0 Å². The Balaban J connectivity index is 1.78. The van der Waals surface area contributed by atoms with Crippen molar-refractivity contribution in [3.8, 4) is 0 Å². The predicted molar refractivity (Wildman–Crippen MR) is 96.7 cm³/mol. The number of hydrogen-bond donors (Lipinski definition) is 1. The van der Waals surface area contributed by atoms with Gasteiger partial charge in [0.15, 0.2) is 5.13 Å². The van der Waals surface area contributed by atoms with Gasteiger partial charge in [-0.15, -0.1) is 0 Å². The van der Waals surface area contributed by atoms with E-state index >= 15 is 0 Å². The third kappa shape index (κ3) is 4.27. The maximum Gasteiger partial charge on any atom is 0.345 e. The lowest BCUT2D eigenvalue weighted by atomic mass is 9.88. The number of nitro groups is 1. The Morgan fingerprint density at radius 3 is 2.12 bits per heavy atom. The lowest BCUT2D eigenvalue weighted by molar-refractivity contribution is -0.380. The SMILES string of the molecule is O=C(CC(c1ccccc1)c1ccccc1)Nc1ncc([N+](=O)[O-])s1. The Morgan fingerprint density at radius 2 is 1.64 bits per heavy atom. The van der Waals surface area contributed by atoms with Gasteiger partial charge in [-0.3, -0.25) is 14.9 Å². The average molecular weight is 353 g/mol. The Bertz CT molecular complexity index is 826. The molecule has 1 N–H and O–H groups in total. The Morgan fingerprint density at radius 1 is 1.08 bits per heavy atom. The summed E-state index contributed by atoms with van der Waals surface area (Å²) in [7, 11) is 0. The van der Waals surface area contributed by atoms with Gasteiger partial charge in [-0.2, -0.15) is 0 Å². The van der Waals surface area contributed by atoms with Gasteiger partial charge in [-0.25, -0.2) is 4.98 Å². The van der Waals surface area contributed by atoms with Gasteiger partial charge >= 0.3 is 5.00 Å². The molecule has 1 aromatic heterocycles. The van der Waals surface area contributed by atoms with Gasteiger partial charge in [-0.05, 0) is 22.5 Å². The molecule has 0 fully saturated rings. The van der Waals surface area contributed by atoms with Crippen LogP contribution in [0.15, 0.2) is 66.9 Å². The minimum Gasteiger partial charge on any atom is -0.302 e. The molecular formula is C18H15N3O3S. The maximum absolute atomic E-state index is 12.4. The third-order valence-electron chi connectivity index (χ3n) is 3.71. The molecule has 7 heteroatoms. The van der Waals surface area contributed by atoms with E-state index in [9.17, 15) is 14.9 Å². The molecule has 0 bridgehead atoms. The van der Waals surface area contributed by atoms with Gasteiger partial charge < -0.3 is 5.32 Å². The summed E-state index contributed by atoms with van der Waals surface area (Å²) in [6.45, 7) is 0. The number of carbonyl (C=O) groups excluding carboxylic acids is 1. The number of aromatic nitrogens is 1. The number of rotatable bonds is 6. The molecule has 3 aromatic rings. The van der Waals surface area contributed by atoms with Gasteiger partial charge in [0.1, 0.15) is 6.20 Å². The molecular weight excluding hydrogens is 338 g/mol. The first kappa shape index (κ1) is 16.8. The van der Waals surface area contributed by atoms with Crippen molar-refractivity contribution in [2.75, 3.05) is 5.32 Å². The van der Waals surface area contributed by atoms with Gasteiger partial charge in [0.05, 0.1) is 4.92 Å². The van der Waals surface area contributed by atoms with Crippen LogP contribution >= 0.6 is 11.3 Å². The minimum atomic E-state index is -0.524. The van der Waals surface area contributed by atoms with E-state index in [2.05, 4.69) is 10.3 Å². The summed E-state index contributed by atoms with van der Waals surface area (Å²) in [6.07, 6.45) is 1.37. The van der Waals surface area contributed by atoms with Gasteiger partial charge in [0.2, 0.25) is 5.91 Å². The van der Waals surface area contributed by atoms with E-state index in [4.69, 9.17) is 0 Å². The summed E-state index contributed by atoms with van der Waals surface area (Å²) in [6, 6.07) is 19.6. The summed E-state index contributed by atoms with van der Waals surface area (Å²) in [5.41, 5.74) is 2.07. The number of anilines is 1. The standard InChI is InChI=1S/C18H15N3O3S/c22-16(20-18-19-12-17(25-18)21(23)24)11-15(13-7-3-1-4-8-13)14-9-5-2-6-10-14/h1-10,12,15H,11H2,(H,19,20,22). The zero-order valence-electron chi connectivity index (χ0n) is 13.2. The predicted octanol–water partition coefficient (Wildman–Crippen LogP) is 4.21. The van der Waals surface area contributed by atoms with E-state index in [1.807, 2.05) is 60.7 Å². The smallest absolute Gasteiger partial charge is 0.302 e. The molecule has 0 spiro atoms. The maximum atomic E-state index is 12.4. The molecule has 0 saturated carbocycles. The second-order valence-corrected chi connectivity index (χ2v) is 6.40. The number of thiazole rings is 1. The van der Waals surface area contributed by atoms with Crippen LogP contribution in [0.5, 0.6) is 0 Å². The van der Waals surface area contributed by atoms with E-state index in [-0.39, 0.29) is 28.4 Å². The second-order valence-electron chi connectivity index (χ2n) is 5.39. The number of hydrogen-bond acceptors (Lipinski definition) is 5. The number of amides is 1. The Kier molecular flexibility index (Phi) is 5.15. The lowest BCUT2D eigenvalue weighted by Gasteiger charge is -2.17. The summed E-state index contributed by atoms with van der Waals surface area (Å²) < 4.78 is 0. The summed E-state index contributed by atoms with van der Waals surface area (Å²) in [5, 5.41) is 13.5. The van der Waals surface area contributed by atoms with Crippen molar-refractivity contribution < 1.29 is 9.72 Å². The van der Waals surface area contributed by atoms with Crippen molar-refractivity contribution in [1.82, 2.24) is 4.98 Å². The van der Waals surface area contributed by atoms with Crippen LogP contribution in [-0.4, -0.2) is 15.8 Å². The molecule has 0 radical (unpaired) electrons. The van der Waals surface area contributed by atoms with Gasteiger partial charge in [0.25, 0.3) is 0 Å². The van der Waals surface area contributed by atoms with Crippen molar-refractivity contribution in [3.05, 3.63) is 88.1 Å². The first-order chi connectivity index (χ1) is 12.1. The molecule has 1 heterocycles. The fourth-order valence-corrected chi connectivity index (χ4v) is 3.21.